The van der Waals surface area contributed by atoms with Gasteiger partial charge in [-0.1, -0.05) is 11.6 Å². The fourth-order valence-electron chi connectivity index (χ4n) is 2.16. The van der Waals surface area contributed by atoms with Crippen LogP contribution in [-0.4, -0.2) is 15.9 Å². The first-order valence-electron chi connectivity index (χ1n) is 7.09. The lowest BCUT2D eigenvalue weighted by Gasteiger charge is -2.01. The van der Waals surface area contributed by atoms with Crippen LogP contribution in [0.15, 0.2) is 56.8 Å². The molecule has 2 N–H and O–H groups in total. The SMILES string of the molecule is Cc1ccc2occ(/C=C/C(=O)Nc3ccnc(=O)[nH]3)c(=O)c2c1. The van der Waals surface area contributed by atoms with Crippen molar-refractivity contribution in [3.63, 3.8) is 0 Å². The van der Waals surface area contributed by atoms with Gasteiger partial charge in [0.25, 0.3) is 0 Å². The minimum atomic E-state index is -0.567. The van der Waals surface area contributed by atoms with E-state index in [2.05, 4.69) is 15.3 Å². The van der Waals surface area contributed by atoms with Gasteiger partial charge in [-0.05, 0) is 31.2 Å². The number of amides is 1. The third kappa shape index (κ3) is 3.30. The molecule has 3 aromatic rings. The van der Waals surface area contributed by atoms with Crippen LogP contribution in [0.5, 0.6) is 0 Å². The van der Waals surface area contributed by atoms with Gasteiger partial charge < -0.3 is 9.73 Å². The Hall–Kier alpha value is -3.48. The van der Waals surface area contributed by atoms with E-state index in [9.17, 15) is 14.4 Å². The number of H-pyrrole nitrogens is 1. The number of nitrogens with zero attached hydrogens (tertiary/aromatic N) is 1. The highest BCUT2D eigenvalue weighted by molar-refractivity contribution is 6.01. The first kappa shape index (κ1) is 15.4. The van der Waals surface area contributed by atoms with Gasteiger partial charge in [-0.2, -0.15) is 0 Å². The number of carbonyl (C=O) groups is 1. The van der Waals surface area contributed by atoms with Crippen LogP contribution < -0.4 is 16.4 Å². The van der Waals surface area contributed by atoms with Crippen LogP contribution in [0.25, 0.3) is 17.0 Å². The van der Waals surface area contributed by atoms with Crippen molar-refractivity contribution in [3.8, 4) is 0 Å². The van der Waals surface area contributed by atoms with Crippen molar-refractivity contribution in [3.05, 3.63) is 74.6 Å². The highest BCUT2D eigenvalue weighted by Gasteiger charge is 2.06. The van der Waals surface area contributed by atoms with E-state index in [1.165, 1.54) is 30.7 Å². The predicted molar refractivity (Wildman–Crippen MR) is 89.7 cm³/mol. The number of aryl methyl sites for hydroxylation is 1. The number of fused-ring (bicyclic) bond motifs is 1. The van der Waals surface area contributed by atoms with Gasteiger partial charge in [0.2, 0.25) is 5.91 Å². The first-order chi connectivity index (χ1) is 11.5. The van der Waals surface area contributed by atoms with E-state index in [4.69, 9.17) is 4.42 Å². The second-order valence-corrected chi connectivity index (χ2v) is 5.13. The van der Waals surface area contributed by atoms with Gasteiger partial charge in [0.05, 0.1) is 10.9 Å². The largest absolute Gasteiger partial charge is 0.463 e. The molecule has 2 aromatic heterocycles. The standard InChI is InChI=1S/C17H13N3O4/c1-10-2-4-13-12(8-10)16(22)11(9-24-13)3-5-15(21)19-14-6-7-18-17(23)20-14/h2-9H,1H3,(H2,18,19,20,21,23)/b5-3+. The minimum absolute atomic E-state index is 0.214. The molecule has 2 heterocycles. The average Bonchev–Trinajstić information content (AvgIpc) is 2.55. The molecular weight excluding hydrogens is 310 g/mol. The third-order valence-corrected chi connectivity index (χ3v) is 3.30. The summed E-state index contributed by atoms with van der Waals surface area (Å²) in [6.45, 7) is 1.88. The molecule has 1 amide bonds. The molecule has 0 aliphatic carbocycles. The average molecular weight is 323 g/mol. The lowest BCUT2D eigenvalue weighted by Crippen LogP contribution is -2.16. The number of rotatable bonds is 3. The lowest BCUT2D eigenvalue weighted by atomic mass is 10.1. The monoisotopic (exact) mass is 323 g/mol. The fraction of sp³-hybridized carbons (Fsp3) is 0.0588. The normalized spacial score (nSPS) is 11.0. The number of anilines is 1. The number of nitrogens with one attached hydrogen (secondary N) is 2. The van der Waals surface area contributed by atoms with Crippen molar-refractivity contribution >= 4 is 28.8 Å². The lowest BCUT2D eigenvalue weighted by molar-refractivity contribution is -0.111. The molecule has 0 fully saturated rings. The molecule has 0 saturated heterocycles. The van der Waals surface area contributed by atoms with E-state index in [0.717, 1.165) is 5.56 Å². The molecule has 0 radical (unpaired) electrons. The molecule has 0 bridgehead atoms. The van der Waals surface area contributed by atoms with E-state index in [1.807, 2.05) is 13.0 Å². The third-order valence-electron chi connectivity index (χ3n) is 3.30. The molecule has 7 heteroatoms. The van der Waals surface area contributed by atoms with Crippen molar-refractivity contribution in [1.82, 2.24) is 9.97 Å². The summed E-state index contributed by atoms with van der Waals surface area (Å²) in [6.07, 6.45) is 5.13. The summed E-state index contributed by atoms with van der Waals surface area (Å²) in [5, 5.41) is 2.92. The summed E-state index contributed by atoms with van der Waals surface area (Å²) in [5.74, 6) is -0.286. The molecule has 3 rings (SSSR count). The van der Waals surface area contributed by atoms with Crippen molar-refractivity contribution in [2.75, 3.05) is 5.32 Å². The smallest absolute Gasteiger partial charge is 0.346 e. The fourth-order valence-corrected chi connectivity index (χ4v) is 2.16. The van der Waals surface area contributed by atoms with E-state index in [-0.39, 0.29) is 16.8 Å². The quantitative estimate of drug-likeness (QED) is 0.716. The number of hydrogen-bond acceptors (Lipinski definition) is 5. The van der Waals surface area contributed by atoms with E-state index < -0.39 is 11.6 Å². The first-order valence-corrected chi connectivity index (χ1v) is 7.09. The Morgan fingerprint density at radius 2 is 2.12 bits per heavy atom. The van der Waals surface area contributed by atoms with Gasteiger partial charge in [0.15, 0.2) is 5.43 Å². The van der Waals surface area contributed by atoms with Crippen LogP contribution in [-0.2, 0) is 4.79 Å². The summed E-state index contributed by atoms with van der Waals surface area (Å²) in [4.78, 5) is 41.1. The van der Waals surface area contributed by atoms with E-state index >= 15 is 0 Å². The Morgan fingerprint density at radius 3 is 2.92 bits per heavy atom. The summed E-state index contributed by atoms with van der Waals surface area (Å²) in [5.41, 5.74) is 0.895. The van der Waals surface area contributed by atoms with Crippen LogP contribution in [0.4, 0.5) is 5.82 Å². The second-order valence-electron chi connectivity index (χ2n) is 5.13. The molecule has 7 nitrogen and oxygen atoms in total. The number of aromatic nitrogens is 2. The maximum atomic E-state index is 12.4. The maximum absolute atomic E-state index is 12.4. The molecule has 24 heavy (non-hydrogen) atoms. The molecule has 1 aromatic carbocycles. The van der Waals surface area contributed by atoms with Crippen molar-refractivity contribution in [1.29, 1.82) is 0 Å². The van der Waals surface area contributed by atoms with Crippen molar-refractivity contribution in [2.45, 2.75) is 6.92 Å². The van der Waals surface area contributed by atoms with E-state index in [0.29, 0.717) is 11.0 Å². The Balaban J connectivity index is 1.85. The van der Waals surface area contributed by atoms with Crippen LogP contribution in [0, 0.1) is 6.92 Å². The Labute approximate surface area is 135 Å². The second kappa shape index (κ2) is 6.33. The van der Waals surface area contributed by atoms with Crippen LogP contribution >= 0.6 is 0 Å². The minimum Gasteiger partial charge on any atom is -0.463 e. The zero-order valence-corrected chi connectivity index (χ0v) is 12.7. The van der Waals surface area contributed by atoms with Gasteiger partial charge in [-0.25, -0.2) is 9.78 Å². The Kier molecular flexibility index (Phi) is 4.07. The van der Waals surface area contributed by atoms with Gasteiger partial charge >= 0.3 is 5.69 Å². The highest BCUT2D eigenvalue weighted by Crippen LogP contribution is 2.13. The number of aromatic amines is 1. The number of carbonyl (C=O) groups excluding carboxylic acids is 1. The van der Waals surface area contributed by atoms with Crippen molar-refractivity contribution < 1.29 is 9.21 Å². The summed E-state index contributed by atoms with van der Waals surface area (Å²) >= 11 is 0. The molecule has 0 aliphatic heterocycles. The van der Waals surface area contributed by atoms with E-state index in [1.54, 1.807) is 12.1 Å². The Morgan fingerprint density at radius 1 is 1.29 bits per heavy atom. The number of hydrogen-bond donors (Lipinski definition) is 2. The molecule has 0 saturated carbocycles. The van der Waals surface area contributed by atoms with Gasteiger partial charge in [-0.3, -0.25) is 14.6 Å². The highest BCUT2D eigenvalue weighted by atomic mass is 16.3. The van der Waals surface area contributed by atoms with Crippen LogP contribution in [0.3, 0.4) is 0 Å². The predicted octanol–water partition coefficient (Wildman–Crippen LogP) is 1.84. The molecule has 0 unspecified atom stereocenters. The summed E-state index contributed by atoms with van der Waals surface area (Å²) < 4.78 is 5.41. The van der Waals surface area contributed by atoms with Gasteiger partial charge in [-0.15, -0.1) is 0 Å². The zero-order chi connectivity index (χ0) is 17.1. The topological polar surface area (TPSA) is 105 Å². The van der Waals surface area contributed by atoms with Crippen LogP contribution in [0.1, 0.15) is 11.1 Å². The summed E-state index contributed by atoms with van der Waals surface area (Å²) in [7, 11) is 0. The zero-order valence-electron chi connectivity index (χ0n) is 12.7. The number of benzene rings is 1. The molecule has 0 aliphatic rings. The van der Waals surface area contributed by atoms with Crippen LogP contribution in [0.2, 0.25) is 0 Å². The summed E-state index contributed by atoms with van der Waals surface area (Å²) in [6, 6.07) is 6.76. The molecular formula is C17H13N3O4. The van der Waals surface area contributed by atoms with Gasteiger partial charge in [0, 0.05) is 12.3 Å². The van der Waals surface area contributed by atoms with Gasteiger partial charge in [0.1, 0.15) is 17.7 Å². The van der Waals surface area contributed by atoms with Crippen molar-refractivity contribution in [2.24, 2.45) is 0 Å². The maximum Gasteiger partial charge on any atom is 0.346 e. The Bertz CT molecular complexity index is 1060. The molecule has 0 atom stereocenters. The molecule has 120 valence electrons. The molecule has 0 spiro atoms.